The number of esters is 4. The Morgan fingerprint density at radius 1 is 0.286 bits per heavy atom. The van der Waals surface area contributed by atoms with Gasteiger partial charge in [-0.25, -0.2) is 9.13 Å². The molecule has 0 aromatic rings. The fourth-order valence-corrected chi connectivity index (χ4v) is 12.4. The number of hydrogen-bond donors (Lipinski definition) is 3. The van der Waals surface area contributed by atoms with Gasteiger partial charge in [0.2, 0.25) is 0 Å². The Bertz CT molecular complexity index is 2100. The Balaban J connectivity index is 5.34. The van der Waals surface area contributed by atoms with Gasteiger partial charge in [0, 0.05) is 25.7 Å². The molecule has 0 aliphatic carbocycles. The minimum absolute atomic E-state index is 0.0856. The molecule has 19 heteroatoms. The molecule has 0 fully saturated rings. The minimum atomic E-state index is -4.97. The van der Waals surface area contributed by atoms with E-state index < -0.39 is 97.5 Å². The molecule has 0 bridgehead atoms. The molecule has 0 rings (SSSR count). The second kappa shape index (κ2) is 72.1. The first-order valence-electron chi connectivity index (χ1n) is 39.5. The molecule has 0 aliphatic rings. The second-order valence-electron chi connectivity index (χ2n) is 26.6. The lowest BCUT2D eigenvalue weighted by atomic mass is 10.1. The van der Waals surface area contributed by atoms with Crippen LogP contribution in [-0.2, 0) is 65.4 Å². The van der Waals surface area contributed by atoms with E-state index in [1.54, 1.807) is 0 Å². The highest BCUT2D eigenvalue weighted by Gasteiger charge is 2.30. The van der Waals surface area contributed by atoms with Crippen molar-refractivity contribution < 1.29 is 80.2 Å². The molecule has 0 amide bonds. The van der Waals surface area contributed by atoms with E-state index in [-0.39, 0.29) is 25.7 Å². The summed E-state index contributed by atoms with van der Waals surface area (Å²) < 4.78 is 68.5. The van der Waals surface area contributed by atoms with Gasteiger partial charge in [-0.05, 0) is 135 Å². The fraction of sp³-hybridized carbons (Fsp3) is 0.823. The van der Waals surface area contributed by atoms with Crippen molar-refractivity contribution >= 4 is 39.5 Å². The molecule has 17 nitrogen and oxygen atoms in total. The maximum absolute atomic E-state index is 13.1. The number of phosphoric ester groups is 2. The van der Waals surface area contributed by atoms with Crippen LogP contribution in [0, 0.1) is 0 Å². The molecule has 0 aromatic carbocycles. The molecule has 0 saturated heterocycles. The van der Waals surface area contributed by atoms with Gasteiger partial charge in [-0.2, -0.15) is 0 Å². The third-order valence-corrected chi connectivity index (χ3v) is 18.8. The van der Waals surface area contributed by atoms with Gasteiger partial charge in [-0.1, -0.05) is 262 Å². The quantitative estimate of drug-likeness (QED) is 0.0169. The minimum Gasteiger partial charge on any atom is -0.462 e. The van der Waals surface area contributed by atoms with Crippen molar-refractivity contribution in [3.05, 3.63) is 60.8 Å². The number of aliphatic hydroxyl groups excluding tert-OH is 1. The maximum Gasteiger partial charge on any atom is 0.472 e. The monoisotopic (exact) mass is 1430 g/mol. The first-order chi connectivity index (χ1) is 47.7. The van der Waals surface area contributed by atoms with Gasteiger partial charge in [-0.3, -0.25) is 37.3 Å². The topological polar surface area (TPSA) is 237 Å². The van der Waals surface area contributed by atoms with Crippen molar-refractivity contribution in [1.29, 1.82) is 0 Å². The zero-order chi connectivity index (χ0) is 71.8. The van der Waals surface area contributed by atoms with Crippen molar-refractivity contribution in [3.63, 3.8) is 0 Å². The molecule has 0 radical (unpaired) electrons. The number of carbonyl (C=O) groups is 4. The Morgan fingerprint density at radius 2 is 0.500 bits per heavy atom. The van der Waals surface area contributed by atoms with Gasteiger partial charge in [0.1, 0.15) is 19.3 Å². The lowest BCUT2D eigenvalue weighted by molar-refractivity contribution is -0.161. The summed E-state index contributed by atoms with van der Waals surface area (Å²) in [4.78, 5) is 72.9. The molecule has 0 aliphatic heterocycles. The van der Waals surface area contributed by atoms with E-state index >= 15 is 0 Å². The molecule has 0 heterocycles. The number of ether oxygens (including phenoxy) is 4. The Labute approximate surface area is 597 Å². The van der Waals surface area contributed by atoms with Gasteiger partial charge in [0.25, 0.3) is 0 Å². The zero-order valence-electron chi connectivity index (χ0n) is 62.5. The molecule has 0 spiro atoms. The predicted molar refractivity (Wildman–Crippen MR) is 400 cm³/mol. The number of allylic oxidation sites excluding steroid dienone is 10. The molecule has 0 aromatic heterocycles. The van der Waals surface area contributed by atoms with E-state index in [0.717, 1.165) is 161 Å². The number of carbonyl (C=O) groups excluding carboxylic acids is 4. The van der Waals surface area contributed by atoms with Crippen LogP contribution in [0.4, 0.5) is 0 Å². The van der Waals surface area contributed by atoms with E-state index in [4.69, 9.17) is 37.0 Å². The number of unbranched alkanes of at least 4 members (excludes halogenated alkanes) is 39. The third kappa shape index (κ3) is 71.2. The van der Waals surface area contributed by atoms with Crippen LogP contribution in [-0.4, -0.2) is 96.7 Å². The van der Waals surface area contributed by atoms with Crippen molar-refractivity contribution in [2.24, 2.45) is 0 Å². The zero-order valence-corrected chi connectivity index (χ0v) is 64.3. The molecule has 3 N–H and O–H groups in total. The number of aliphatic hydroxyl groups is 1. The highest BCUT2D eigenvalue weighted by Crippen LogP contribution is 2.45. The summed E-state index contributed by atoms with van der Waals surface area (Å²) >= 11 is 0. The van der Waals surface area contributed by atoms with E-state index in [2.05, 4.69) is 88.5 Å². The van der Waals surface area contributed by atoms with E-state index in [1.165, 1.54) is 122 Å². The van der Waals surface area contributed by atoms with Crippen molar-refractivity contribution in [2.45, 2.75) is 380 Å². The van der Waals surface area contributed by atoms with Crippen LogP contribution in [0.25, 0.3) is 0 Å². The number of hydrogen-bond acceptors (Lipinski definition) is 15. The van der Waals surface area contributed by atoms with E-state index in [0.29, 0.717) is 25.7 Å². The van der Waals surface area contributed by atoms with Gasteiger partial charge in [0.05, 0.1) is 26.4 Å². The van der Waals surface area contributed by atoms with Gasteiger partial charge < -0.3 is 33.8 Å². The summed E-state index contributed by atoms with van der Waals surface area (Å²) in [6.45, 7) is 4.84. The van der Waals surface area contributed by atoms with Crippen LogP contribution in [0.3, 0.4) is 0 Å². The van der Waals surface area contributed by atoms with Gasteiger partial charge >= 0.3 is 39.5 Å². The summed E-state index contributed by atoms with van der Waals surface area (Å²) in [7, 11) is -9.95. The van der Waals surface area contributed by atoms with Crippen LogP contribution in [0.15, 0.2) is 60.8 Å². The fourth-order valence-electron chi connectivity index (χ4n) is 10.8. The molecular formula is C79H144O17P2. The summed E-state index contributed by atoms with van der Waals surface area (Å²) in [5.41, 5.74) is 0. The van der Waals surface area contributed by atoms with Crippen LogP contribution < -0.4 is 0 Å². The molecular weight excluding hydrogens is 1280 g/mol. The first-order valence-corrected chi connectivity index (χ1v) is 42.5. The molecule has 572 valence electrons. The Hall–Kier alpha value is -3.24. The number of rotatable bonds is 75. The van der Waals surface area contributed by atoms with Crippen LogP contribution in [0.2, 0.25) is 0 Å². The van der Waals surface area contributed by atoms with Crippen LogP contribution >= 0.6 is 15.6 Å². The summed E-state index contributed by atoms with van der Waals surface area (Å²) in [5.74, 6) is -2.18. The molecule has 3 unspecified atom stereocenters. The highest BCUT2D eigenvalue weighted by atomic mass is 31.2. The lowest BCUT2D eigenvalue weighted by Gasteiger charge is -2.21. The summed E-state index contributed by atoms with van der Waals surface area (Å²) in [6.07, 6.45) is 70.5. The van der Waals surface area contributed by atoms with Crippen molar-refractivity contribution in [2.75, 3.05) is 39.6 Å². The SMILES string of the molecule is CCCCCC=CCC=CCCCCCCCC(=O)OC[C@H](COP(=O)(O)OCC(O)COP(=O)(O)OC[C@@H](COC(=O)CCCCCCCCCC=CCCCCCC)OC(=O)CCCCCCCC=CCCCCCC)OC(=O)CCCCCCCC=CCCCCCCCC. The van der Waals surface area contributed by atoms with Gasteiger partial charge in [-0.15, -0.1) is 0 Å². The van der Waals surface area contributed by atoms with Crippen LogP contribution in [0.1, 0.15) is 362 Å². The largest absolute Gasteiger partial charge is 0.472 e. The first kappa shape index (κ1) is 94.8. The van der Waals surface area contributed by atoms with Crippen molar-refractivity contribution in [3.8, 4) is 0 Å². The third-order valence-electron chi connectivity index (χ3n) is 16.9. The summed E-state index contributed by atoms with van der Waals surface area (Å²) in [5, 5.41) is 10.6. The Morgan fingerprint density at radius 3 is 0.796 bits per heavy atom. The average Bonchev–Trinajstić information content (AvgIpc) is 1.04. The maximum atomic E-state index is 13.1. The number of phosphoric acid groups is 2. The standard InChI is InChI=1S/C79H144O17P2/c1-5-9-13-17-21-25-29-33-36-40-43-47-51-55-59-63-76(81)89-69-74(95-78(83)65-61-57-53-49-45-39-32-28-24-20-16-12-8-4)71-93-97(85,86)91-67-73(80)68-92-98(87,88)94-72-75(96-79(84)66-62-58-54-50-46-42-38-35-31-27-23-19-15-11-7-3)70-90-77(82)64-60-56-52-48-44-41-37-34-30-26-22-18-14-10-6-2/h22,25-26,28-29,32,34-35,37-38,73-75,80H,5-21,23-24,27,30-31,33,36,39-72H2,1-4H3,(H,85,86)(H,87,88)/t73?,74-,75-/m1/s1. The van der Waals surface area contributed by atoms with Crippen molar-refractivity contribution in [1.82, 2.24) is 0 Å². The van der Waals surface area contributed by atoms with Crippen LogP contribution in [0.5, 0.6) is 0 Å². The summed E-state index contributed by atoms with van der Waals surface area (Å²) in [6, 6.07) is 0. The smallest absolute Gasteiger partial charge is 0.462 e. The van der Waals surface area contributed by atoms with Gasteiger partial charge in [0.15, 0.2) is 12.2 Å². The predicted octanol–water partition coefficient (Wildman–Crippen LogP) is 22.7. The second-order valence-corrected chi connectivity index (χ2v) is 29.5. The highest BCUT2D eigenvalue weighted by molar-refractivity contribution is 7.47. The molecule has 98 heavy (non-hydrogen) atoms. The van der Waals surface area contributed by atoms with E-state index in [9.17, 15) is 43.2 Å². The van der Waals surface area contributed by atoms with E-state index in [1.807, 2.05) is 0 Å². The molecule has 0 saturated carbocycles. The Kier molecular flexibility index (Phi) is 69.7. The molecule has 5 atom stereocenters. The normalized spacial score (nSPS) is 14.2. The lowest BCUT2D eigenvalue weighted by Crippen LogP contribution is -2.30. The average molecular weight is 1430 g/mol.